The number of aromatic nitrogens is 1. The van der Waals surface area contributed by atoms with Crippen LogP contribution in [0.1, 0.15) is 11.3 Å². The van der Waals surface area contributed by atoms with Crippen LogP contribution in [-0.2, 0) is 6.42 Å². The number of anilines is 1. The zero-order valence-electron chi connectivity index (χ0n) is 13.6. The molecule has 0 aliphatic heterocycles. The number of nitrogens with zero attached hydrogens (tertiary/aromatic N) is 2. The van der Waals surface area contributed by atoms with E-state index in [1.807, 2.05) is 12.1 Å². The summed E-state index contributed by atoms with van der Waals surface area (Å²) in [5, 5.41) is 18.5. The standard InChI is InChI=1S/C19H17FN2O3/c1-25-18-10-9-16(11-13-5-7-15(20)8-6-13)21-19(18)14-3-2-4-17(12-14)22(23)24/h2-10,12,23-24H,11H2,1H3. The smallest absolute Gasteiger partial charge is 0.145 e. The van der Waals surface area contributed by atoms with Crippen LogP contribution < -0.4 is 9.96 Å². The van der Waals surface area contributed by atoms with Gasteiger partial charge in [-0.3, -0.25) is 10.4 Å². The average molecular weight is 340 g/mol. The third kappa shape index (κ3) is 3.93. The highest BCUT2D eigenvalue weighted by molar-refractivity contribution is 5.70. The SMILES string of the molecule is COc1ccc(Cc2ccc(F)cc2)nc1-c1cccc(N(O)O)c1. The Kier molecular flexibility index (Phi) is 4.92. The first-order valence-corrected chi connectivity index (χ1v) is 7.63. The van der Waals surface area contributed by atoms with E-state index in [-0.39, 0.29) is 16.7 Å². The molecule has 0 saturated carbocycles. The summed E-state index contributed by atoms with van der Waals surface area (Å²) in [6.07, 6.45) is 0.545. The van der Waals surface area contributed by atoms with Gasteiger partial charge in [0.2, 0.25) is 0 Å². The van der Waals surface area contributed by atoms with Crippen LogP contribution in [0.3, 0.4) is 0 Å². The van der Waals surface area contributed by atoms with Crippen molar-refractivity contribution in [3.05, 3.63) is 77.7 Å². The van der Waals surface area contributed by atoms with Crippen molar-refractivity contribution in [2.75, 3.05) is 12.3 Å². The molecule has 0 atom stereocenters. The number of benzene rings is 2. The minimum atomic E-state index is -0.276. The minimum Gasteiger partial charge on any atom is -0.494 e. The molecule has 0 unspecified atom stereocenters. The predicted molar refractivity (Wildman–Crippen MR) is 91.5 cm³/mol. The summed E-state index contributed by atoms with van der Waals surface area (Å²) < 4.78 is 18.4. The molecule has 0 fully saturated rings. The molecule has 0 saturated heterocycles. The van der Waals surface area contributed by atoms with Gasteiger partial charge in [0.15, 0.2) is 0 Å². The zero-order chi connectivity index (χ0) is 17.8. The summed E-state index contributed by atoms with van der Waals surface area (Å²) in [6, 6.07) is 16.6. The molecule has 3 rings (SSSR count). The van der Waals surface area contributed by atoms with Gasteiger partial charge in [-0.25, -0.2) is 9.37 Å². The third-order valence-electron chi connectivity index (χ3n) is 3.78. The highest BCUT2D eigenvalue weighted by Crippen LogP contribution is 2.30. The van der Waals surface area contributed by atoms with E-state index in [9.17, 15) is 14.8 Å². The quantitative estimate of drug-likeness (QED) is 0.685. The van der Waals surface area contributed by atoms with Crippen molar-refractivity contribution in [2.45, 2.75) is 6.42 Å². The molecule has 2 N–H and O–H groups in total. The Morgan fingerprint density at radius 3 is 2.48 bits per heavy atom. The van der Waals surface area contributed by atoms with E-state index in [2.05, 4.69) is 4.98 Å². The van der Waals surface area contributed by atoms with Gasteiger partial charge in [-0.05, 0) is 42.0 Å². The van der Waals surface area contributed by atoms with Crippen molar-refractivity contribution >= 4 is 5.69 Å². The molecule has 0 spiro atoms. The molecule has 0 amide bonds. The summed E-state index contributed by atoms with van der Waals surface area (Å²) in [7, 11) is 1.55. The molecule has 0 bridgehead atoms. The van der Waals surface area contributed by atoms with Crippen LogP contribution in [0.2, 0.25) is 0 Å². The monoisotopic (exact) mass is 340 g/mol. The fourth-order valence-corrected chi connectivity index (χ4v) is 2.55. The molecule has 6 heteroatoms. The van der Waals surface area contributed by atoms with E-state index < -0.39 is 0 Å². The Labute approximate surface area is 144 Å². The number of rotatable bonds is 5. The summed E-state index contributed by atoms with van der Waals surface area (Å²) >= 11 is 0. The van der Waals surface area contributed by atoms with Gasteiger partial charge in [0.1, 0.15) is 17.3 Å². The number of pyridine rings is 1. The van der Waals surface area contributed by atoms with Crippen molar-refractivity contribution in [1.82, 2.24) is 4.98 Å². The van der Waals surface area contributed by atoms with Gasteiger partial charge in [0.25, 0.3) is 0 Å². The Bertz CT molecular complexity index is 867. The lowest BCUT2D eigenvalue weighted by Crippen LogP contribution is -2.10. The lowest BCUT2D eigenvalue weighted by molar-refractivity contribution is 0.0292. The number of ether oxygens (including phenoxy) is 1. The van der Waals surface area contributed by atoms with Crippen LogP contribution in [0.4, 0.5) is 10.1 Å². The van der Waals surface area contributed by atoms with E-state index >= 15 is 0 Å². The summed E-state index contributed by atoms with van der Waals surface area (Å²) in [5.41, 5.74) is 3.22. The lowest BCUT2D eigenvalue weighted by Gasteiger charge is -2.13. The maximum atomic E-state index is 13.0. The Morgan fingerprint density at radius 2 is 1.80 bits per heavy atom. The predicted octanol–water partition coefficient (Wildman–Crippen LogP) is 4.07. The van der Waals surface area contributed by atoms with Crippen LogP contribution >= 0.6 is 0 Å². The van der Waals surface area contributed by atoms with Gasteiger partial charge in [-0.1, -0.05) is 24.3 Å². The Hall–Kier alpha value is -2.96. The summed E-state index contributed by atoms with van der Waals surface area (Å²) in [4.78, 5) is 4.63. The first-order valence-electron chi connectivity index (χ1n) is 7.63. The van der Waals surface area contributed by atoms with E-state index in [1.54, 1.807) is 43.5 Å². The van der Waals surface area contributed by atoms with E-state index in [0.717, 1.165) is 11.3 Å². The number of halogens is 1. The topological polar surface area (TPSA) is 65.8 Å². The molecule has 2 aromatic carbocycles. The fraction of sp³-hybridized carbons (Fsp3) is 0.105. The van der Waals surface area contributed by atoms with Gasteiger partial charge in [0.05, 0.1) is 12.8 Å². The van der Waals surface area contributed by atoms with Gasteiger partial charge < -0.3 is 4.74 Å². The maximum Gasteiger partial charge on any atom is 0.145 e. The van der Waals surface area contributed by atoms with E-state index in [1.165, 1.54) is 12.1 Å². The first-order chi connectivity index (χ1) is 12.1. The van der Waals surface area contributed by atoms with Gasteiger partial charge in [-0.15, -0.1) is 5.23 Å². The van der Waals surface area contributed by atoms with Crippen molar-refractivity contribution < 1.29 is 19.5 Å². The van der Waals surface area contributed by atoms with E-state index in [4.69, 9.17) is 4.74 Å². The van der Waals surface area contributed by atoms with Gasteiger partial charge in [0, 0.05) is 17.7 Å². The van der Waals surface area contributed by atoms with E-state index in [0.29, 0.717) is 23.4 Å². The van der Waals surface area contributed by atoms with Crippen LogP contribution in [0.5, 0.6) is 5.75 Å². The van der Waals surface area contributed by atoms with Crippen LogP contribution in [0.15, 0.2) is 60.7 Å². The van der Waals surface area contributed by atoms with Crippen LogP contribution in [0, 0.1) is 5.82 Å². The van der Waals surface area contributed by atoms with Gasteiger partial charge in [-0.2, -0.15) is 0 Å². The molecule has 0 aliphatic carbocycles. The molecule has 0 aliphatic rings. The molecule has 5 nitrogen and oxygen atoms in total. The second kappa shape index (κ2) is 7.29. The van der Waals surface area contributed by atoms with Crippen LogP contribution in [-0.4, -0.2) is 22.5 Å². The maximum absolute atomic E-state index is 13.0. The normalized spacial score (nSPS) is 10.6. The fourth-order valence-electron chi connectivity index (χ4n) is 2.55. The molecular formula is C19H17FN2O3. The van der Waals surface area contributed by atoms with Crippen LogP contribution in [0.25, 0.3) is 11.3 Å². The minimum absolute atomic E-state index is 0.0539. The Morgan fingerprint density at radius 1 is 1.04 bits per heavy atom. The van der Waals surface area contributed by atoms with Crippen molar-refractivity contribution in [1.29, 1.82) is 0 Å². The largest absolute Gasteiger partial charge is 0.494 e. The van der Waals surface area contributed by atoms with Crippen molar-refractivity contribution in [2.24, 2.45) is 0 Å². The molecule has 1 aromatic heterocycles. The van der Waals surface area contributed by atoms with Gasteiger partial charge >= 0.3 is 0 Å². The average Bonchev–Trinajstić information content (AvgIpc) is 2.63. The zero-order valence-corrected chi connectivity index (χ0v) is 13.6. The number of methoxy groups -OCH3 is 1. The molecule has 25 heavy (non-hydrogen) atoms. The molecule has 3 aromatic rings. The lowest BCUT2D eigenvalue weighted by atomic mass is 10.1. The highest BCUT2D eigenvalue weighted by atomic mass is 19.1. The third-order valence-corrected chi connectivity index (χ3v) is 3.78. The second-order valence-corrected chi connectivity index (χ2v) is 5.50. The summed E-state index contributed by atoms with van der Waals surface area (Å²) in [6.45, 7) is 0. The van der Waals surface area contributed by atoms with Crippen molar-refractivity contribution in [3.8, 4) is 17.0 Å². The summed E-state index contributed by atoms with van der Waals surface area (Å²) in [5.74, 6) is 0.295. The molecule has 1 heterocycles. The van der Waals surface area contributed by atoms with Crippen molar-refractivity contribution in [3.63, 3.8) is 0 Å². The Balaban J connectivity index is 1.97. The number of hydrogen-bond donors (Lipinski definition) is 2. The highest BCUT2D eigenvalue weighted by Gasteiger charge is 2.11. The molecule has 0 radical (unpaired) electrons. The second-order valence-electron chi connectivity index (χ2n) is 5.50. The number of hydrogen-bond acceptors (Lipinski definition) is 5. The molecular weight excluding hydrogens is 323 g/mol. The molecule has 128 valence electrons. The first kappa shape index (κ1) is 16.9.